The predicted molar refractivity (Wildman–Crippen MR) is 44.5 cm³/mol. The van der Waals surface area contributed by atoms with Crippen molar-refractivity contribution in [1.82, 2.24) is 4.40 Å². The van der Waals surface area contributed by atoms with E-state index in [0.717, 1.165) is 0 Å². The molecule has 2 aromatic heterocycles. The Morgan fingerprint density at radius 2 is 2.09 bits per heavy atom. The molecule has 0 radical (unpaired) electrons. The van der Waals surface area contributed by atoms with Gasteiger partial charge in [0.15, 0.2) is 0 Å². The minimum absolute atomic E-state index is 1.17. The molecule has 0 N–H and O–H groups in total. The molecule has 2 aromatic rings. The van der Waals surface area contributed by atoms with E-state index in [1.54, 1.807) is 0 Å². The topological polar surface area (TPSA) is 4.41 Å². The predicted octanol–water partition coefficient (Wildman–Crippen LogP) is 2.16. The van der Waals surface area contributed by atoms with Gasteiger partial charge in [-0.3, -0.25) is 4.40 Å². The van der Waals surface area contributed by atoms with Gasteiger partial charge in [-0.2, -0.15) is 0 Å². The first-order valence-corrected chi connectivity index (χ1v) is 3.65. The lowest BCUT2D eigenvalue weighted by Gasteiger charge is -1.99. The zero-order valence-electron chi connectivity index (χ0n) is 6.68. The first-order chi connectivity index (χ1) is 5.27. The van der Waals surface area contributed by atoms with Crippen LogP contribution in [0.3, 0.4) is 0 Å². The van der Waals surface area contributed by atoms with Gasteiger partial charge in [0.1, 0.15) is 0 Å². The molecule has 2 heterocycles. The van der Waals surface area contributed by atoms with Crippen molar-refractivity contribution in [3.63, 3.8) is 0 Å². The highest BCUT2D eigenvalue weighted by Gasteiger charge is 1.94. The highest BCUT2D eigenvalue weighted by Crippen LogP contribution is 2.08. The van der Waals surface area contributed by atoms with E-state index in [9.17, 15) is 0 Å². The molecule has 0 aromatic carbocycles. The van der Waals surface area contributed by atoms with Crippen molar-refractivity contribution in [2.45, 2.75) is 13.8 Å². The number of hydrogen-bond donors (Lipinski definition) is 0. The standard InChI is InChI=1S/C10H9N/c1-8-6-9(2)11-5-3-4-10(11)7-8/h4,6-7H,1-2H3. The van der Waals surface area contributed by atoms with Gasteiger partial charge < -0.3 is 0 Å². The van der Waals surface area contributed by atoms with E-state index in [1.807, 2.05) is 10.5 Å². The normalized spacial score (nSPS) is 10.0. The monoisotopic (exact) mass is 143 g/mol. The quantitative estimate of drug-likeness (QED) is 0.532. The lowest BCUT2D eigenvalue weighted by atomic mass is 10.2. The molecule has 0 aliphatic rings. The third-order valence-corrected chi connectivity index (χ3v) is 1.82. The molecule has 0 atom stereocenters. The number of aromatic nitrogens is 1. The van der Waals surface area contributed by atoms with Gasteiger partial charge in [0.25, 0.3) is 0 Å². The van der Waals surface area contributed by atoms with Crippen LogP contribution in [0, 0.1) is 26.1 Å². The Hall–Kier alpha value is -1.42. The molecule has 0 spiro atoms. The van der Waals surface area contributed by atoms with Crippen molar-refractivity contribution < 1.29 is 0 Å². The molecule has 11 heavy (non-hydrogen) atoms. The lowest BCUT2D eigenvalue weighted by Crippen LogP contribution is -1.88. The summed E-state index contributed by atoms with van der Waals surface area (Å²) < 4.78 is 2.01. The van der Waals surface area contributed by atoms with Crippen LogP contribution < -0.4 is 0 Å². The maximum Gasteiger partial charge on any atom is 0.0628 e. The van der Waals surface area contributed by atoms with Crippen molar-refractivity contribution in [3.05, 3.63) is 41.7 Å². The molecule has 0 amide bonds. The molecule has 0 aliphatic heterocycles. The number of rotatable bonds is 0. The Labute approximate surface area is 66.3 Å². The Morgan fingerprint density at radius 1 is 1.27 bits per heavy atom. The number of pyridine rings is 1. The lowest BCUT2D eigenvalue weighted by molar-refractivity contribution is 1.09. The Bertz CT molecular complexity index is 385. The maximum atomic E-state index is 3.01. The zero-order chi connectivity index (χ0) is 7.84. The van der Waals surface area contributed by atoms with Gasteiger partial charge in [0, 0.05) is 18.0 Å². The summed E-state index contributed by atoms with van der Waals surface area (Å²) in [4.78, 5) is 0. The smallest absolute Gasteiger partial charge is 0.0628 e. The van der Waals surface area contributed by atoms with E-state index >= 15 is 0 Å². The second-order valence-corrected chi connectivity index (χ2v) is 2.83. The van der Waals surface area contributed by atoms with Crippen LogP contribution in [0.2, 0.25) is 0 Å². The van der Waals surface area contributed by atoms with Crippen LogP contribution in [-0.4, -0.2) is 4.40 Å². The molecule has 0 unspecified atom stereocenters. The van der Waals surface area contributed by atoms with Crippen molar-refractivity contribution in [2.24, 2.45) is 0 Å². The van der Waals surface area contributed by atoms with Gasteiger partial charge >= 0.3 is 0 Å². The van der Waals surface area contributed by atoms with E-state index in [-0.39, 0.29) is 0 Å². The highest BCUT2D eigenvalue weighted by molar-refractivity contribution is 5.48. The largest absolute Gasteiger partial charge is 0.273 e. The van der Waals surface area contributed by atoms with Crippen molar-refractivity contribution in [1.29, 1.82) is 0 Å². The first kappa shape index (κ1) is 6.30. The van der Waals surface area contributed by atoms with Gasteiger partial charge in [-0.05, 0) is 37.6 Å². The molecule has 1 heteroatoms. The fourth-order valence-corrected chi connectivity index (χ4v) is 1.37. The molecular weight excluding hydrogens is 134 g/mol. The van der Waals surface area contributed by atoms with E-state index < -0.39 is 0 Å². The molecule has 0 saturated heterocycles. The molecular formula is C10H9N. The fourth-order valence-electron chi connectivity index (χ4n) is 1.37. The van der Waals surface area contributed by atoms with Crippen molar-refractivity contribution in [2.75, 3.05) is 0 Å². The maximum absolute atomic E-state index is 3.01. The van der Waals surface area contributed by atoms with E-state index in [1.165, 1.54) is 16.8 Å². The van der Waals surface area contributed by atoms with E-state index in [4.69, 9.17) is 0 Å². The third kappa shape index (κ3) is 0.877. The van der Waals surface area contributed by atoms with Crippen LogP contribution in [0.5, 0.6) is 0 Å². The summed E-state index contributed by atoms with van der Waals surface area (Å²) in [6, 6.07) is 9.15. The van der Waals surface area contributed by atoms with Crippen LogP contribution >= 0.6 is 0 Å². The van der Waals surface area contributed by atoms with Gasteiger partial charge in [0.2, 0.25) is 0 Å². The van der Waals surface area contributed by atoms with E-state index in [2.05, 4.69) is 38.2 Å². The summed E-state index contributed by atoms with van der Waals surface area (Å²) in [6.45, 7) is 4.17. The molecule has 54 valence electrons. The number of fused-ring (bicyclic) bond motifs is 1. The zero-order valence-corrected chi connectivity index (χ0v) is 6.68. The van der Waals surface area contributed by atoms with Gasteiger partial charge in [-0.15, -0.1) is 0 Å². The third-order valence-electron chi connectivity index (χ3n) is 1.82. The Balaban J connectivity index is 2.91. The molecule has 2 rings (SSSR count). The minimum Gasteiger partial charge on any atom is -0.273 e. The van der Waals surface area contributed by atoms with E-state index in [0.29, 0.717) is 0 Å². The summed E-state index contributed by atoms with van der Waals surface area (Å²) in [7, 11) is 0. The first-order valence-electron chi connectivity index (χ1n) is 3.65. The summed E-state index contributed by atoms with van der Waals surface area (Å²) in [6.07, 6.45) is 3.01. The molecule has 0 bridgehead atoms. The average Bonchev–Trinajstić information content (AvgIpc) is 2.34. The number of nitrogens with zero attached hydrogens (tertiary/aromatic N) is 1. The SMILES string of the molecule is Cc1cc(C)n2c#ccc2c1. The van der Waals surface area contributed by atoms with Gasteiger partial charge in [0.05, 0.1) is 5.52 Å². The number of aryl methyl sites for hydroxylation is 2. The number of hydrogen-bond acceptors (Lipinski definition) is 0. The van der Waals surface area contributed by atoms with Crippen LogP contribution in [0.4, 0.5) is 0 Å². The second-order valence-electron chi connectivity index (χ2n) is 2.83. The van der Waals surface area contributed by atoms with Crippen LogP contribution in [0.1, 0.15) is 11.3 Å². The summed E-state index contributed by atoms with van der Waals surface area (Å²) >= 11 is 0. The van der Waals surface area contributed by atoms with Gasteiger partial charge in [-0.1, -0.05) is 0 Å². The molecule has 0 saturated carbocycles. The second kappa shape index (κ2) is 2.03. The molecule has 0 aliphatic carbocycles. The Morgan fingerprint density at radius 3 is 2.91 bits per heavy atom. The minimum atomic E-state index is 1.17. The Kier molecular flexibility index (Phi) is 1.16. The summed E-state index contributed by atoms with van der Waals surface area (Å²) in [5.74, 6) is 0. The van der Waals surface area contributed by atoms with Crippen LogP contribution in [0.15, 0.2) is 18.2 Å². The van der Waals surface area contributed by atoms with Crippen LogP contribution in [0.25, 0.3) is 5.52 Å². The highest BCUT2D eigenvalue weighted by atomic mass is 14.9. The van der Waals surface area contributed by atoms with Crippen molar-refractivity contribution >= 4 is 5.52 Å². The van der Waals surface area contributed by atoms with Crippen LogP contribution in [-0.2, 0) is 0 Å². The summed E-state index contributed by atoms with van der Waals surface area (Å²) in [5, 5.41) is 0. The van der Waals surface area contributed by atoms with Gasteiger partial charge in [-0.25, -0.2) is 0 Å². The average molecular weight is 143 g/mol. The molecule has 1 nitrogen and oxygen atoms in total. The fraction of sp³-hybridized carbons (Fsp3) is 0.200. The molecule has 0 fully saturated rings. The summed E-state index contributed by atoms with van der Waals surface area (Å²) in [5.41, 5.74) is 3.67. The van der Waals surface area contributed by atoms with Crippen molar-refractivity contribution in [3.8, 4) is 0 Å².